The van der Waals surface area contributed by atoms with Crippen LogP contribution in [0.15, 0.2) is 30.3 Å². The number of rotatable bonds is 2. The first-order chi connectivity index (χ1) is 10.7. The Morgan fingerprint density at radius 1 is 1.27 bits per heavy atom. The molecule has 2 fully saturated rings. The van der Waals surface area contributed by atoms with Crippen LogP contribution in [0, 0.1) is 0 Å². The van der Waals surface area contributed by atoms with Gasteiger partial charge in [-0.1, -0.05) is 41.7 Å². The Kier molecular flexibility index (Phi) is 3.31. The first-order valence-corrected chi connectivity index (χ1v) is 8.10. The summed E-state index contributed by atoms with van der Waals surface area (Å²) in [5, 5.41) is 13.3. The third-order valence-electron chi connectivity index (χ3n) is 4.14. The number of anilines is 1. The van der Waals surface area contributed by atoms with E-state index in [1.165, 1.54) is 0 Å². The number of nitrogens with one attached hydrogen (secondary N) is 1. The molecule has 2 aliphatic rings. The van der Waals surface area contributed by atoms with E-state index < -0.39 is 0 Å². The van der Waals surface area contributed by atoms with Gasteiger partial charge in [0.2, 0.25) is 11.0 Å². The minimum absolute atomic E-state index is 0.0358. The number of aromatic nitrogens is 2. The summed E-state index contributed by atoms with van der Waals surface area (Å²) in [6, 6.07) is 10.1. The van der Waals surface area contributed by atoms with Crippen LogP contribution >= 0.6 is 11.3 Å². The van der Waals surface area contributed by atoms with Gasteiger partial charge in [-0.3, -0.25) is 4.79 Å². The molecule has 2 aromatic rings. The highest BCUT2D eigenvalue weighted by atomic mass is 32.1. The van der Waals surface area contributed by atoms with Gasteiger partial charge >= 0.3 is 0 Å². The van der Waals surface area contributed by atoms with Crippen LogP contribution in [0.1, 0.15) is 6.42 Å². The molecule has 7 heteroatoms. The van der Waals surface area contributed by atoms with Gasteiger partial charge in [-0.25, -0.2) is 0 Å². The number of benzene rings is 1. The predicted molar refractivity (Wildman–Crippen MR) is 83.9 cm³/mol. The van der Waals surface area contributed by atoms with Crippen molar-refractivity contribution in [2.75, 3.05) is 31.1 Å². The Labute approximate surface area is 132 Å². The largest absolute Gasteiger partial charge is 0.361 e. The lowest BCUT2D eigenvalue weighted by atomic mass is 10.0. The zero-order valence-corrected chi connectivity index (χ0v) is 12.8. The second-order valence-corrected chi connectivity index (χ2v) is 6.63. The summed E-state index contributed by atoms with van der Waals surface area (Å²) in [5.74, 6) is -0.0358. The van der Waals surface area contributed by atoms with Crippen LogP contribution < -0.4 is 10.2 Å². The molecule has 3 heterocycles. The van der Waals surface area contributed by atoms with Crippen molar-refractivity contribution in [3.8, 4) is 10.6 Å². The molecule has 0 aliphatic carbocycles. The lowest BCUT2D eigenvalue weighted by molar-refractivity contribution is -0.141. The van der Waals surface area contributed by atoms with Crippen molar-refractivity contribution in [1.29, 1.82) is 0 Å². The summed E-state index contributed by atoms with van der Waals surface area (Å²) in [6.07, 6.45) is 0.896. The van der Waals surface area contributed by atoms with Crippen molar-refractivity contribution < 1.29 is 9.53 Å². The van der Waals surface area contributed by atoms with Gasteiger partial charge in [0, 0.05) is 18.7 Å². The van der Waals surface area contributed by atoms with Gasteiger partial charge in [-0.15, -0.1) is 10.2 Å². The second kappa shape index (κ2) is 5.33. The van der Waals surface area contributed by atoms with Gasteiger partial charge in [-0.2, -0.15) is 0 Å². The first-order valence-electron chi connectivity index (χ1n) is 7.29. The SMILES string of the molecule is O=C1COC2(CCN(c3nnc(-c4ccccc4)s3)C2)CN1. The lowest BCUT2D eigenvalue weighted by Crippen LogP contribution is -2.53. The van der Waals surface area contributed by atoms with E-state index in [1.807, 2.05) is 30.3 Å². The summed E-state index contributed by atoms with van der Waals surface area (Å²) in [5.41, 5.74) is 0.813. The van der Waals surface area contributed by atoms with Gasteiger partial charge < -0.3 is 15.0 Å². The van der Waals surface area contributed by atoms with Crippen LogP contribution in [0.5, 0.6) is 0 Å². The zero-order valence-electron chi connectivity index (χ0n) is 12.0. The topological polar surface area (TPSA) is 67.3 Å². The van der Waals surface area contributed by atoms with E-state index in [2.05, 4.69) is 20.4 Å². The van der Waals surface area contributed by atoms with Crippen LogP contribution in [-0.4, -0.2) is 47.9 Å². The van der Waals surface area contributed by atoms with E-state index >= 15 is 0 Å². The Bertz CT molecular complexity index is 678. The Morgan fingerprint density at radius 3 is 2.91 bits per heavy atom. The molecule has 1 atom stereocenters. The molecular formula is C15H16N4O2S. The van der Waals surface area contributed by atoms with Gasteiger partial charge in [0.05, 0.1) is 6.54 Å². The molecule has 1 aromatic heterocycles. The number of morpholine rings is 1. The van der Waals surface area contributed by atoms with Crippen LogP contribution in [0.4, 0.5) is 5.13 Å². The summed E-state index contributed by atoms with van der Waals surface area (Å²) in [6.45, 7) is 2.35. The van der Waals surface area contributed by atoms with E-state index in [9.17, 15) is 4.79 Å². The minimum atomic E-state index is -0.271. The van der Waals surface area contributed by atoms with E-state index in [4.69, 9.17) is 4.74 Å². The Hall–Kier alpha value is -1.99. The molecule has 0 saturated carbocycles. The fourth-order valence-corrected chi connectivity index (χ4v) is 3.77. The van der Waals surface area contributed by atoms with Crippen LogP contribution in [0.3, 0.4) is 0 Å². The smallest absolute Gasteiger partial charge is 0.246 e. The molecule has 4 rings (SSSR count). The number of hydrogen-bond donors (Lipinski definition) is 1. The maximum atomic E-state index is 11.2. The third kappa shape index (κ3) is 2.46. The summed E-state index contributed by atoms with van der Waals surface area (Å²) in [4.78, 5) is 13.4. The molecule has 2 aliphatic heterocycles. The highest BCUT2D eigenvalue weighted by molar-refractivity contribution is 7.18. The fourth-order valence-electron chi connectivity index (χ4n) is 2.89. The summed E-state index contributed by atoms with van der Waals surface area (Å²) < 4.78 is 5.78. The maximum absolute atomic E-state index is 11.2. The molecule has 0 bridgehead atoms. The number of carbonyl (C=O) groups is 1. The quantitative estimate of drug-likeness (QED) is 0.904. The number of ether oxygens (including phenoxy) is 1. The first kappa shape index (κ1) is 13.7. The molecule has 1 aromatic carbocycles. The normalized spacial score (nSPS) is 24.7. The molecule has 1 amide bonds. The molecule has 22 heavy (non-hydrogen) atoms. The number of nitrogens with zero attached hydrogens (tertiary/aromatic N) is 3. The van der Waals surface area contributed by atoms with E-state index in [0.29, 0.717) is 6.54 Å². The monoisotopic (exact) mass is 316 g/mol. The van der Waals surface area contributed by atoms with Crippen LogP contribution in [0.2, 0.25) is 0 Å². The second-order valence-electron chi connectivity index (χ2n) is 5.68. The molecule has 114 valence electrons. The van der Waals surface area contributed by atoms with E-state index in [-0.39, 0.29) is 18.1 Å². The number of amides is 1. The van der Waals surface area contributed by atoms with Crippen LogP contribution in [-0.2, 0) is 9.53 Å². The van der Waals surface area contributed by atoms with Crippen LogP contribution in [0.25, 0.3) is 10.6 Å². The molecule has 0 radical (unpaired) electrons. The highest BCUT2D eigenvalue weighted by Crippen LogP contribution is 2.34. The molecule has 1 N–H and O–H groups in total. The van der Waals surface area contributed by atoms with Crippen molar-refractivity contribution in [2.45, 2.75) is 12.0 Å². The van der Waals surface area contributed by atoms with Crippen molar-refractivity contribution in [1.82, 2.24) is 15.5 Å². The van der Waals surface area contributed by atoms with Gasteiger partial charge in [0.15, 0.2) is 0 Å². The summed E-state index contributed by atoms with van der Waals surface area (Å²) >= 11 is 1.59. The number of carbonyl (C=O) groups excluding carboxylic acids is 1. The fraction of sp³-hybridized carbons (Fsp3) is 0.400. The average molecular weight is 316 g/mol. The van der Waals surface area contributed by atoms with Gasteiger partial charge in [-0.05, 0) is 6.42 Å². The van der Waals surface area contributed by atoms with Gasteiger partial charge in [0.25, 0.3) is 0 Å². The molecule has 2 saturated heterocycles. The zero-order chi connectivity index (χ0) is 15.0. The van der Waals surface area contributed by atoms with E-state index in [1.54, 1.807) is 11.3 Å². The van der Waals surface area contributed by atoms with Crippen molar-refractivity contribution >= 4 is 22.4 Å². The van der Waals surface area contributed by atoms with Crippen molar-refractivity contribution in [3.63, 3.8) is 0 Å². The van der Waals surface area contributed by atoms with E-state index in [0.717, 1.165) is 35.2 Å². The average Bonchev–Trinajstić information content (AvgIpc) is 3.19. The van der Waals surface area contributed by atoms with Crippen molar-refractivity contribution in [2.24, 2.45) is 0 Å². The minimum Gasteiger partial charge on any atom is -0.361 e. The standard InChI is InChI=1S/C15H16N4O2S/c20-12-8-21-15(9-16-12)6-7-19(10-15)14-18-17-13(22-14)11-4-2-1-3-5-11/h1-5H,6-10H2,(H,16,20). The highest BCUT2D eigenvalue weighted by Gasteiger charge is 2.43. The van der Waals surface area contributed by atoms with Gasteiger partial charge in [0.1, 0.15) is 17.2 Å². The molecule has 1 spiro atoms. The molecule has 1 unspecified atom stereocenters. The molecule has 6 nitrogen and oxygen atoms in total. The predicted octanol–water partition coefficient (Wildman–Crippen LogP) is 1.30. The lowest BCUT2D eigenvalue weighted by Gasteiger charge is -2.33. The number of hydrogen-bond acceptors (Lipinski definition) is 6. The Balaban J connectivity index is 1.50. The Morgan fingerprint density at radius 2 is 2.14 bits per heavy atom. The molecular weight excluding hydrogens is 300 g/mol. The van der Waals surface area contributed by atoms with Crippen molar-refractivity contribution in [3.05, 3.63) is 30.3 Å². The third-order valence-corrected chi connectivity index (χ3v) is 5.17. The maximum Gasteiger partial charge on any atom is 0.246 e. The summed E-state index contributed by atoms with van der Waals surface area (Å²) in [7, 11) is 0.